The number of aryl methyl sites for hydroxylation is 1. The fourth-order valence-electron chi connectivity index (χ4n) is 6.29. The molecule has 2 fully saturated rings. The molecule has 0 radical (unpaired) electrons. The van der Waals surface area contributed by atoms with Gasteiger partial charge in [-0.25, -0.2) is 13.8 Å². The van der Waals surface area contributed by atoms with E-state index in [1.807, 2.05) is 19.3 Å². The van der Waals surface area contributed by atoms with E-state index in [-0.39, 0.29) is 23.6 Å². The fraction of sp³-hybridized carbons (Fsp3) is 0.543. The number of hydrogen-bond acceptors (Lipinski definition) is 8. The molecule has 1 spiro atoms. The molecule has 1 aromatic carbocycles. The molecule has 2 aliphatic heterocycles. The lowest BCUT2D eigenvalue weighted by Gasteiger charge is -2.46. The Kier molecular flexibility index (Phi) is 12.1. The van der Waals surface area contributed by atoms with Gasteiger partial charge in [-0.3, -0.25) is 19.9 Å². The molecule has 0 amide bonds. The summed E-state index contributed by atoms with van der Waals surface area (Å²) in [6, 6.07) is 6.94. The predicted molar refractivity (Wildman–Crippen MR) is 183 cm³/mol. The van der Waals surface area contributed by atoms with E-state index in [2.05, 4.69) is 80.7 Å². The van der Waals surface area contributed by atoms with E-state index in [9.17, 15) is 0 Å². The first-order valence-electron chi connectivity index (χ1n) is 16.1. The highest BCUT2D eigenvalue weighted by Gasteiger charge is 2.37. The van der Waals surface area contributed by atoms with Gasteiger partial charge in [0.15, 0.2) is 5.83 Å². The summed E-state index contributed by atoms with van der Waals surface area (Å²) >= 11 is 0. The van der Waals surface area contributed by atoms with Gasteiger partial charge in [0, 0.05) is 23.8 Å². The molecule has 0 bridgehead atoms. The Balaban J connectivity index is 1.39. The number of aromatic nitrogens is 1. The van der Waals surface area contributed by atoms with Crippen LogP contribution in [0.5, 0.6) is 0 Å². The highest BCUT2D eigenvalue weighted by atomic mass is 19.1. The molecule has 2 saturated heterocycles. The molecule has 10 heteroatoms. The molecule has 244 valence electrons. The zero-order chi connectivity index (χ0) is 32.5. The molecule has 0 atom stereocenters. The number of pyridine rings is 1. The van der Waals surface area contributed by atoms with E-state index < -0.39 is 11.6 Å². The minimum atomic E-state index is -0.713. The monoisotopic (exact) mass is 620 g/mol. The second kappa shape index (κ2) is 15.8. The average Bonchev–Trinajstić information content (AvgIpc) is 3.04. The quantitative estimate of drug-likeness (QED) is 0.234. The summed E-state index contributed by atoms with van der Waals surface area (Å²) < 4.78 is 30.3. The Bertz CT molecular complexity index is 1350. The largest absolute Gasteiger partial charge is 0.351 e. The smallest absolute Gasteiger partial charge is 0.167 e. The van der Waals surface area contributed by atoms with E-state index in [0.29, 0.717) is 35.2 Å². The second-order valence-corrected chi connectivity index (χ2v) is 13.0. The number of nitrogens with zero attached hydrogens (tertiary/aromatic N) is 6. The van der Waals surface area contributed by atoms with Crippen molar-refractivity contribution in [3.63, 3.8) is 0 Å². The minimum absolute atomic E-state index is 0.0293. The summed E-state index contributed by atoms with van der Waals surface area (Å²) in [6.45, 7) is 20.1. The Morgan fingerprint density at radius 1 is 1.09 bits per heavy atom. The van der Waals surface area contributed by atoms with Gasteiger partial charge < -0.3 is 15.5 Å². The van der Waals surface area contributed by atoms with Gasteiger partial charge in [0.1, 0.15) is 29.7 Å². The van der Waals surface area contributed by atoms with Gasteiger partial charge >= 0.3 is 0 Å². The SMILES string of the molecule is C=N/C=C(F)\C(=N/CNc1ccc(CN2CCC3(CCN(CC)CC3)CC2)cn1)c1cc(F)c(N=C)c(CCC(C)(C)NC)c1. The Morgan fingerprint density at radius 2 is 1.78 bits per heavy atom. The van der Waals surface area contributed by atoms with Gasteiger partial charge in [0.25, 0.3) is 0 Å². The molecule has 4 rings (SSSR count). The van der Waals surface area contributed by atoms with Gasteiger partial charge in [-0.2, -0.15) is 0 Å². The molecule has 0 aliphatic carbocycles. The van der Waals surface area contributed by atoms with Crippen LogP contribution in [0, 0.1) is 11.2 Å². The van der Waals surface area contributed by atoms with Gasteiger partial charge in [-0.15, -0.1) is 0 Å². The van der Waals surface area contributed by atoms with Crippen LogP contribution in [0.4, 0.5) is 20.3 Å². The fourth-order valence-corrected chi connectivity index (χ4v) is 6.29. The first kappa shape index (κ1) is 34.5. The Hall–Kier alpha value is -3.34. The summed E-state index contributed by atoms with van der Waals surface area (Å²) in [7, 11) is 1.88. The van der Waals surface area contributed by atoms with Crippen molar-refractivity contribution >= 4 is 30.7 Å². The van der Waals surface area contributed by atoms with Gasteiger partial charge in [-0.05, 0) is 140 Å². The minimum Gasteiger partial charge on any atom is -0.351 e. The lowest BCUT2D eigenvalue weighted by Crippen LogP contribution is -2.46. The van der Waals surface area contributed by atoms with E-state index in [0.717, 1.165) is 37.9 Å². The van der Waals surface area contributed by atoms with Crippen LogP contribution in [0.3, 0.4) is 0 Å². The zero-order valence-electron chi connectivity index (χ0n) is 27.5. The van der Waals surface area contributed by atoms with Crippen molar-refractivity contribution < 1.29 is 8.78 Å². The third-order valence-electron chi connectivity index (χ3n) is 9.71. The number of benzene rings is 1. The maximum absolute atomic E-state index is 15.2. The summed E-state index contributed by atoms with van der Waals surface area (Å²) in [4.78, 5) is 21.6. The number of aliphatic imine (C=N–C) groups is 3. The van der Waals surface area contributed by atoms with Crippen LogP contribution >= 0.6 is 0 Å². The topological polar surface area (TPSA) is 80.5 Å². The first-order valence-corrected chi connectivity index (χ1v) is 16.1. The molecular formula is C35H50F2N8. The number of anilines is 1. The van der Waals surface area contributed by atoms with E-state index in [4.69, 9.17) is 0 Å². The van der Waals surface area contributed by atoms with Crippen molar-refractivity contribution in [1.29, 1.82) is 0 Å². The zero-order valence-corrected chi connectivity index (χ0v) is 27.5. The van der Waals surface area contributed by atoms with Crippen molar-refractivity contribution in [2.24, 2.45) is 20.4 Å². The van der Waals surface area contributed by atoms with Crippen LogP contribution in [0.25, 0.3) is 0 Å². The molecular weight excluding hydrogens is 570 g/mol. The van der Waals surface area contributed by atoms with Gasteiger partial charge in [-0.1, -0.05) is 13.0 Å². The summed E-state index contributed by atoms with van der Waals surface area (Å²) in [6.07, 6.45) is 9.30. The van der Waals surface area contributed by atoms with Crippen LogP contribution in [0.15, 0.2) is 57.5 Å². The van der Waals surface area contributed by atoms with Crippen molar-refractivity contribution in [2.75, 3.05) is 51.8 Å². The molecule has 0 saturated carbocycles. The lowest BCUT2D eigenvalue weighted by atomic mass is 9.71. The number of piperidine rings is 2. The van der Waals surface area contributed by atoms with Gasteiger partial charge in [0.05, 0.1) is 6.20 Å². The third kappa shape index (κ3) is 9.34. The normalized spacial score (nSPS) is 18.3. The molecule has 2 aliphatic rings. The van der Waals surface area contributed by atoms with Crippen LogP contribution in [0.1, 0.15) is 69.6 Å². The first-order chi connectivity index (χ1) is 21.6. The standard InChI is InChI=1S/C35H50F2N8/c1-7-44-16-12-35(13-17-44)14-18-45(19-15-35)24-26-8-9-31(41-22-26)42-25-43-33(30(37)23-38-4)28-20-27(10-11-34(2,3)40-6)32(39-5)29(36)21-28/h8-9,20-23,40H,4-5,7,10-19,24-25H2,1-3,6H3,(H,41,42)/b30-23+,43-33-. The number of halogens is 2. The van der Waals surface area contributed by atoms with Crippen molar-refractivity contribution in [1.82, 2.24) is 20.1 Å². The van der Waals surface area contributed by atoms with Crippen molar-refractivity contribution in [3.05, 3.63) is 65.0 Å². The molecule has 45 heavy (non-hydrogen) atoms. The van der Waals surface area contributed by atoms with Crippen LogP contribution < -0.4 is 10.6 Å². The number of hydrogen-bond donors (Lipinski definition) is 2. The van der Waals surface area contributed by atoms with Crippen LogP contribution in [-0.4, -0.2) is 85.9 Å². The molecule has 2 N–H and O–H groups in total. The number of likely N-dealkylation sites (tertiary alicyclic amines) is 2. The van der Waals surface area contributed by atoms with Crippen LogP contribution in [-0.2, 0) is 13.0 Å². The highest BCUT2D eigenvalue weighted by Crippen LogP contribution is 2.41. The summed E-state index contributed by atoms with van der Waals surface area (Å²) in [5, 5.41) is 6.38. The molecule has 2 aromatic rings. The average molecular weight is 621 g/mol. The van der Waals surface area contributed by atoms with Crippen LogP contribution in [0.2, 0.25) is 0 Å². The Morgan fingerprint density at radius 3 is 2.36 bits per heavy atom. The maximum atomic E-state index is 15.2. The second-order valence-electron chi connectivity index (χ2n) is 13.0. The number of rotatable bonds is 14. The predicted octanol–water partition coefficient (Wildman–Crippen LogP) is 6.55. The lowest BCUT2D eigenvalue weighted by molar-refractivity contribution is 0.0340. The maximum Gasteiger partial charge on any atom is 0.167 e. The number of nitrogens with one attached hydrogen (secondary N) is 2. The van der Waals surface area contributed by atoms with Crippen molar-refractivity contribution in [3.8, 4) is 0 Å². The molecule has 0 unspecified atom stereocenters. The van der Waals surface area contributed by atoms with E-state index in [1.165, 1.54) is 44.8 Å². The van der Waals surface area contributed by atoms with E-state index in [1.54, 1.807) is 6.07 Å². The highest BCUT2D eigenvalue weighted by molar-refractivity contribution is 6.11. The number of allylic oxidation sites excluding steroid dienone is 1. The summed E-state index contributed by atoms with van der Waals surface area (Å²) in [5.74, 6) is -0.668. The van der Waals surface area contributed by atoms with Gasteiger partial charge in [0.2, 0.25) is 0 Å². The molecule has 1 aromatic heterocycles. The Labute approximate surface area is 267 Å². The summed E-state index contributed by atoms with van der Waals surface area (Å²) in [5.41, 5.74) is 2.58. The van der Waals surface area contributed by atoms with E-state index >= 15 is 8.78 Å². The third-order valence-corrected chi connectivity index (χ3v) is 9.71. The molecule has 8 nitrogen and oxygen atoms in total. The molecule has 3 heterocycles. The van der Waals surface area contributed by atoms with Crippen molar-refractivity contribution in [2.45, 2.75) is 71.4 Å².